The van der Waals surface area contributed by atoms with Gasteiger partial charge in [0.1, 0.15) is 17.7 Å². The van der Waals surface area contributed by atoms with Gasteiger partial charge >= 0.3 is 6.18 Å². The Morgan fingerprint density at radius 2 is 1.83 bits per heavy atom. The molecule has 1 N–H and O–H groups in total. The van der Waals surface area contributed by atoms with E-state index in [0.29, 0.717) is 12.8 Å². The van der Waals surface area contributed by atoms with Crippen LogP contribution in [0.2, 0.25) is 0 Å². The Hall–Kier alpha value is -2.11. The summed E-state index contributed by atoms with van der Waals surface area (Å²) in [5.74, 6) is -1.80. The normalized spacial score (nSPS) is 16.0. The number of rotatable bonds is 5. The molecule has 1 atom stereocenters. The molecule has 0 amide bonds. The number of hydrogen-bond donors (Lipinski definition) is 1. The van der Waals surface area contributed by atoms with Crippen LogP contribution in [0.1, 0.15) is 18.4 Å². The van der Waals surface area contributed by atoms with E-state index in [4.69, 9.17) is 0 Å². The van der Waals surface area contributed by atoms with Crippen LogP contribution in [0.5, 0.6) is 0 Å². The molecule has 0 fully saturated rings. The van der Waals surface area contributed by atoms with Gasteiger partial charge < -0.3 is 5.32 Å². The van der Waals surface area contributed by atoms with Gasteiger partial charge in [-0.05, 0) is 37.0 Å². The number of benzene rings is 1. The number of hydrogen-bond acceptors (Lipinski definition) is 1. The zero-order valence-corrected chi connectivity index (χ0v) is 12.3. The molecule has 0 saturated heterocycles. The predicted molar refractivity (Wildman–Crippen MR) is 80.2 cm³/mol. The van der Waals surface area contributed by atoms with Crippen molar-refractivity contribution < 1.29 is 22.0 Å². The second-order valence-corrected chi connectivity index (χ2v) is 5.21. The van der Waals surface area contributed by atoms with E-state index in [1.165, 1.54) is 18.2 Å². The van der Waals surface area contributed by atoms with E-state index < -0.39 is 23.9 Å². The van der Waals surface area contributed by atoms with Crippen molar-refractivity contribution in [3.05, 3.63) is 65.8 Å². The van der Waals surface area contributed by atoms with Gasteiger partial charge in [0, 0.05) is 11.3 Å². The lowest BCUT2D eigenvalue weighted by Crippen LogP contribution is -2.38. The van der Waals surface area contributed by atoms with Gasteiger partial charge in [0.2, 0.25) is 0 Å². The molecule has 0 aliphatic heterocycles. The van der Waals surface area contributed by atoms with Gasteiger partial charge in [0.15, 0.2) is 0 Å². The van der Waals surface area contributed by atoms with E-state index in [1.54, 1.807) is 6.08 Å². The van der Waals surface area contributed by atoms with Crippen molar-refractivity contribution in [1.29, 1.82) is 0 Å². The molecular formula is C17H16F5N. The highest BCUT2D eigenvalue weighted by atomic mass is 19.4. The maximum atomic E-state index is 13.8. The van der Waals surface area contributed by atoms with Gasteiger partial charge in [0.25, 0.3) is 0 Å². The highest BCUT2D eigenvalue weighted by Gasteiger charge is 2.41. The standard InChI is InChI=1S/C17H16F5N/c1-2-6-13-14(18)9-12(10-15(13)19)23-16(17(20,21)22)11-7-4-3-5-8-11/h2,4,7-10,16,23H,1,3,5-6H2. The first kappa shape index (κ1) is 17.2. The highest BCUT2D eigenvalue weighted by Crippen LogP contribution is 2.32. The molecule has 0 heterocycles. The molecule has 1 aliphatic rings. The maximum Gasteiger partial charge on any atom is 0.412 e. The van der Waals surface area contributed by atoms with E-state index in [0.717, 1.165) is 12.1 Å². The van der Waals surface area contributed by atoms with Gasteiger partial charge in [0.05, 0.1) is 0 Å². The summed E-state index contributed by atoms with van der Waals surface area (Å²) in [6.45, 7) is 3.39. The fraction of sp³-hybridized carbons (Fsp3) is 0.294. The van der Waals surface area contributed by atoms with E-state index in [2.05, 4.69) is 11.9 Å². The number of allylic oxidation sites excluding steroid dienone is 3. The van der Waals surface area contributed by atoms with Crippen LogP contribution in [0.3, 0.4) is 0 Å². The first-order chi connectivity index (χ1) is 10.8. The number of anilines is 1. The van der Waals surface area contributed by atoms with Crippen LogP contribution in [0.15, 0.2) is 48.6 Å². The van der Waals surface area contributed by atoms with Gasteiger partial charge in [-0.2, -0.15) is 13.2 Å². The average Bonchev–Trinajstić information content (AvgIpc) is 2.48. The van der Waals surface area contributed by atoms with Crippen molar-refractivity contribution in [2.75, 3.05) is 5.32 Å². The van der Waals surface area contributed by atoms with Crippen molar-refractivity contribution in [3.63, 3.8) is 0 Å². The Balaban J connectivity index is 2.32. The molecule has 124 valence electrons. The molecule has 23 heavy (non-hydrogen) atoms. The van der Waals surface area contributed by atoms with Crippen LogP contribution in [0.4, 0.5) is 27.6 Å². The molecule has 0 spiro atoms. The van der Waals surface area contributed by atoms with Gasteiger partial charge in [-0.3, -0.25) is 0 Å². The van der Waals surface area contributed by atoms with Crippen LogP contribution in [0, 0.1) is 11.6 Å². The topological polar surface area (TPSA) is 12.0 Å². The Morgan fingerprint density at radius 3 is 2.30 bits per heavy atom. The molecule has 0 aromatic heterocycles. The predicted octanol–water partition coefficient (Wildman–Crippen LogP) is 5.31. The second-order valence-electron chi connectivity index (χ2n) is 5.21. The molecule has 1 aliphatic carbocycles. The molecule has 1 unspecified atom stereocenters. The van der Waals surface area contributed by atoms with Crippen molar-refractivity contribution >= 4 is 5.69 Å². The molecule has 2 rings (SSSR count). The molecule has 0 radical (unpaired) electrons. The van der Waals surface area contributed by atoms with Crippen molar-refractivity contribution in [1.82, 2.24) is 0 Å². The van der Waals surface area contributed by atoms with Crippen LogP contribution < -0.4 is 5.32 Å². The van der Waals surface area contributed by atoms with Gasteiger partial charge in [-0.25, -0.2) is 8.78 Å². The Bertz CT molecular complexity index is 620. The summed E-state index contributed by atoms with van der Waals surface area (Å²) in [7, 11) is 0. The van der Waals surface area contributed by atoms with Crippen molar-refractivity contribution in [2.45, 2.75) is 31.5 Å². The summed E-state index contributed by atoms with van der Waals surface area (Å²) in [5, 5.41) is 2.19. The quantitative estimate of drug-likeness (QED) is 0.570. The summed E-state index contributed by atoms with van der Waals surface area (Å²) in [6, 6.07) is -0.273. The second kappa shape index (κ2) is 6.98. The third-order valence-electron chi connectivity index (χ3n) is 3.48. The third-order valence-corrected chi connectivity index (χ3v) is 3.48. The molecular weight excluding hydrogens is 313 g/mol. The zero-order valence-electron chi connectivity index (χ0n) is 12.3. The van der Waals surface area contributed by atoms with Crippen molar-refractivity contribution in [3.8, 4) is 0 Å². The molecule has 1 aromatic carbocycles. The monoisotopic (exact) mass is 329 g/mol. The number of nitrogens with one attached hydrogen (secondary N) is 1. The van der Waals surface area contributed by atoms with E-state index in [-0.39, 0.29) is 23.2 Å². The highest BCUT2D eigenvalue weighted by molar-refractivity contribution is 5.50. The summed E-state index contributed by atoms with van der Waals surface area (Å²) in [4.78, 5) is 0. The first-order valence-corrected chi connectivity index (χ1v) is 7.11. The molecule has 0 saturated carbocycles. The van der Waals surface area contributed by atoms with Gasteiger partial charge in [-0.15, -0.1) is 6.58 Å². The van der Waals surface area contributed by atoms with Crippen LogP contribution in [-0.2, 0) is 6.42 Å². The van der Waals surface area contributed by atoms with E-state index in [1.807, 2.05) is 0 Å². The van der Waals surface area contributed by atoms with E-state index in [9.17, 15) is 22.0 Å². The lowest BCUT2D eigenvalue weighted by Gasteiger charge is -2.25. The Kier molecular flexibility index (Phi) is 5.23. The van der Waals surface area contributed by atoms with Crippen LogP contribution >= 0.6 is 0 Å². The summed E-state index contributed by atoms with van der Waals surface area (Å²) < 4.78 is 67.5. The fourth-order valence-electron chi connectivity index (χ4n) is 2.39. The average molecular weight is 329 g/mol. The minimum atomic E-state index is -4.58. The Labute approximate surface area is 131 Å². The third kappa shape index (κ3) is 4.21. The summed E-state index contributed by atoms with van der Waals surface area (Å²) in [6.07, 6.45) is 2.38. The SMILES string of the molecule is C=CCc1c(F)cc(NC(C2=CCCC=C2)C(F)(F)F)cc1F. The number of alkyl halides is 3. The molecule has 6 heteroatoms. The molecule has 0 bridgehead atoms. The lowest BCUT2D eigenvalue weighted by molar-refractivity contribution is -0.134. The molecule has 1 nitrogen and oxygen atoms in total. The summed E-state index contributed by atoms with van der Waals surface area (Å²) >= 11 is 0. The smallest absolute Gasteiger partial charge is 0.370 e. The minimum absolute atomic E-state index is 0.0332. The Morgan fingerprint density at radius 1 is 1.17 bits per heavy atom. The summed E-state index contributed by atoms with van der Waals surface area (Å²) in [5.41, 5.74) is -0.430. The number of halogens is 5. The van der Waals surface area contributed by atoms with E-state index >= 15 is 0 Å². The van der Waals surface area contributed by atoms with Crippen LogP contribution in [-0.4, -0.2) is 12.2 Å². The fourth-order valence-corrected chi connectivity index (χ4v) is 2.39. The van der Waals surface area contributed by atoms with Crippen LogP contribution in [0.25, 0.3) is 0 Å². The lowest BCUT2D eigenvalue weighted by atomic mass is 9.99. The maximum absolute atomic E-state index is 13.8. The largest absolute Gasteiger partial charge is 0.412 e. The van der Waals surface area contributed by atoms with Gasteiger partial charge in [-0.1, -0.05) is 24.3 Å². The first-order valence-electron chi connectivity index (χ1n) is 7.11. The molecule has 1 aromatic rings. The van der Waals surface area contributed by atoms with Crippen molar-refractivity contribution in [2.24, 2.45) is 0 Å². The zero-order chi connectivity index (χ0) is 17.0. The minimum Gasteiger partial charge on any atom is -0.370 e.